The number of likely N-dealkylation sites (tertiary alicyclic amines) is 1. The average molecular weight is 236 g/mol. The standard InChI is InChI=1S/C12H16N2O3/c15-11(9-4-3-6-13-9)8-14-7-2-1-5-10(14)12(16)17/h3-4,6,10,13H,1-2,5,7-8H2,(H,16,17). The summed E-state index contributed by atoms with van der Waals surface area (Å²) >= 11 is 0. The first kappa shape index (κ1) is 11.9. The Bertz CT molecular complexity index is 400. The molecule has 0 bridgehead atoms. The summed E-state index contributed by atoms with van der Waals surface area (Å²) in [4.78, 5) is 27.6. The highest BCUT2D eigenvalue weighted by atomic mass is 16.4. The van der Waals surface area contributed by atoms with Gasteiger partial charge in [-0.25, -0.2) is 0 Å². The van der Waals surface area contributed by atoms with Crippen LogP contribution in [0.25, 0.3) is 0 Å². The molecule has 1 unspecified atom stereocenters. The van der Waals surface area contributed by atoms with E-state index in [9.17, 15) is 9.59 Å². The summed E-state index contributed by atoms with van der Waals surface area (Å²) in [5, 5.41) is 9.09. The van der Waals surface area contributed by atoms with E-state index in [0.717, 1.165) is 12.8 Å². The molecule has 1 atom stereocenters. The second kappa shape index (κ2) is 5.14. The molecule has 1 aliphatic rings. The van der Waals surface area contributed by atoms with Crippen LogP contribution in [0.2, 0.25) is 0 Å². The molecule has 5 heteroatoms. The number of nitrogens with zero attached hydrogens (tertiary/aromatic N) is 1. The number of carboxylic acids is 1. The molecule has 0 aliphatic carbocycles. The quantitative estimate of drug-likeness (QED) is 0.769. The lowest BCUT2D eigenvalue weighted by Crippen LogP contribution is -2.46. The zero-order chi connectivity index (χ0) is 12.3. The number of carboxylic acid groups (broad SMARTS) is 1. The zero-order valence-corrected chi connectivity index (χ0v) is 9.56. The fourth-order valence-electron chi connectivity index (χ4n) is 2.23. The van der Waals surface area contributed by atoms with Crippen LogP contribution in [0.15, 0.2) is 18.3 Å². The van der Waals surface area contributed by atoms with Gasteiger partial charge >= 0.3 is 5.97 Å². The number of ketones is 1. The molecule has 2 rings (SSSR count). The molecule has 0 saturated carbocycles. The third-order valence-corrected chi connectivity index (χ3v) is 3.14. The highest BCUT2D eigenvalue weighted by molar-refractivity contribution is 5.96. The third-order valence-electron chi connectivity index (χ3n) is 3.14. The Morgan fingerprint density at radius 2 is 2.29 bits per heavy atom. The number of aromatic nitrogens is 1. The Hall–Kier alpha value is -1.62. The van der Waals surface area contributed by atoms with Gasteiger partial charge in [0, 0.05) is 6.20 Å². The third kappa shape index (κ3) is 2.74. The predicted octanol–water partition coefficient (Wildman–Crippen LogP) is 1.14. The van der Waals surface area contributed by atoms with Gasteiger partial charge in [-0.05, 0) is 31.5 Å². The van der Waals surface area contributed by atoms with Crippen LogP contribution in [-0.4, -0.2) is 45.9 Å². The molecule has 5 nitrogen and oxygen atoms in total. The van der Waals surface area contributed by atoms with Gasteiger partial charge in [0.1, 0.15) is 6.04 Å². The van der Waals surface area contributed by atoms with Crippen molar-refractivity contribution in [3.05, 3.63) is 24.0 Å². The van der Waals surface area contributed by atoms with Crippen LogP contribution < -0.4 is 0 Å². The van der Waals surface area contributed by atoms with Gasteiger partial charge in [-0.15, -0.1) is 0 Å². The van der Waals surface area contributed by atoms with Crippen molar-refractivity contribution in [1.82, 2.24) is 9.88 Å². The first-order valence-electron chi connectivity index (χ1n) is 5.82. The number of H-pyrrole nitrogens is 1. The van der Waals surface area contributed by atoms with Crippen molar-refractivity contribution in [3.8, 4) is 0 Å². The number of aliphatic carboxylic acids is 1. The highest BCUT2D eigenvalue weighted by Crippen LogP contribution is 2.17. The van der Waals surface area contributed by atoms with Gasteiger partial charge in [-0.3, -0.25) is 14.5 Å². The van der Waals surface area contributed by atoms with Crippen molar-refractivity contribution in [2.75, 3.05) is 13.1 Å². The summed E-state index contributed by atoms with van der Waals surface area (Å²) in [6, 6.07) is 2.96. The van der Waals surface area contributed by atoms with Crippen LogP contribution in [0, 0.1) is 0 Å². The predicted molar refractivity (Wildman–Crippen MR) is 62.0 cm³/mol. The molecule has 1 saturated heterocycles. The van der Waals surface area contributed by atoms with Gasteiger partial charge in [0.2, 0.25) is 0 Å². The number of aromatic amines is 1. The molecule has 1 aliphatic heterocycles. The fourth-order valence-corrected chi connectivity index (χ4v) is 2.23. The summed E-state index contributed by atoms with van der Waals surface area (Å²) in [5.41, 5.74) is 0.541. The molecule has 0 spiro atoms. The van der Waals surface area contributed by atoms with E-state index < -0.39 is 12.0 Å². The van der Waals surface area contributed by atoms with Gasteiger partial charge in [0.05, 0.1) is 12.2 Å². The molecule has 2 N–H and O–H groups in total. The fraction of sp³-hybridized carbons (Fsp3) is 0.500. The van der Waals surface area contributed by atoms with Gasteiger partial charge in [-0.1, -0.05) is 6.42 Å². The largest absolute Gasteiger partial charge is 0.480 e. The number of Topliss-reactive ketones (excluding diaryl/α,β-unsaturated/α-hetero) is 1. The Morgan fingerprint density at radius 1 is 1.47 bits per heavy atom. The summed E-state index contributed by atoms with van der Waals surface area (Å²) < 4.78 is 0. The van der Waals surface area contributed by atoms with Crippen molar-refractivity contribution in [2.24, 2.45) is 0 Å². The van der Waals surface area contributed by atoms with Crippen molar-refractivity contribution < 1.29 is 14.7 Å². The van der Waals surface area contributed by atoms with Gasteiger partial charge in [0.25, 0.3) is 0 Å². The van der Waals surface area contributed by atoms with Gasteiger partial charge < -0.3 is 10.1 Å². The maximum Gasteiger partial charge on any atom is 0.320 e. The Labute approximate surface area is 99.4 Å². The Kier molecular flexibility index (Phi) is 3.58. The lowest BCUT2D eigenvalue weighted by Gasteiger charge is -2.31. The number of nitrogens with one attached hydrogen (secondary N) is 1. The summed E-state index contributed by atoms with van der Waals surface area (Å²) in [6.45, 7) is 0.862. The maximum atomic E-state index is 11.9. The van der Waals surface area contributed by atoms with E-state index in [1.807, 2.05) is 0 Å². The molecule has 0 amide bonds. The molecule has 1 fully saturated rings. The van der Waals surface area contributed by atoms with E-state index in [0.29, 0.717) is 18.7 Å². The first-order valence-corrected chi connectivity index (χ1v) is 5.82. The van der Waals surface area contributed by atoms with Crippen LogP contribution in [0.5, 0.6) is 0 Å². The molecule has 1 aromatic rings. The minimum Gasteiger partial charge on any atom is -0.480 e. The molecule has 17 heavy (non-hydrogen) atoms. The normalized spacial score (nSPS) is 21.3. The number of hydrogen-bond donors (Lipinski definition) is 2. The first-order chi connectivity index (χ1) is 8.18. The molecule has 0 aromatic carbocycles. The van der Waals surface area contributed by atoms with E-state index in [1.165, 1.54) is 0 Å². The lowest BCUT2D eigenvalue weighted by atomic mass is 10.0. The van der Waals surface area contributed by atoms with E-state index >= 15 is 0 Å². The molecule has 92 valence electrons. The lowest BCUT2D eigenvalue weighted by molar-refractivity contribution is -0.144. The number of carbonyl (C=O) groups is 2. The van der Waals surface area contributed by atoms with Crippen molar-refractivity contribution in [3.63, 3.8) is 0 Å². The average Bonchev–Trinajstić information content (AvgIpc) is 2.83. The van der Waals surface area contributed by atoms with Gasteiger partial charge in [0.15, 0.2) is 5.78 Å². The monoisotopic (exact) mass is 236 g/mol. The molecular formula is C12H16N2O3. The van der Waals surface area contributed by atoms with E-state index in [1.54, 1.807) is 23.2 Å². The maximum absolute atomic E-state index is 11.9. The van der Waals surface area contributed by atoms with E-state index in [4.69, 9.17) is 5.11 Å². The second-order valence-electron chi connectivity index (χ2n) is 4.33. The summed E-state index contributed by atoms with van der Waals surface area (Å²) in [5.74, 6) is -0.882. The van der Waals surface area contributed by atoms with Crippen LogP contribution in [0.4, 0.5) is 0 Å². The topological polar surface area (TPSA) is 73.4 Å². The Morgan fingerprint density at radius 3 is 2.94 bits per heavy atom. The molecule has 1 aromatic heterocycles. The second-order valence-corrected chi connectivity index (χ2v) is 4.33. The smallest absolute Gasteiger partial charge is 0.320 e. The highest BCUT2D eigenvalue weighted by Gasteiger charge is 2.29. The van der Waals surface area contributed by atoms with E-state index in [-0.39, 0.29) is 12.3 Å². The van der Waals surface area contributed by atoms with Crippen LogP contribution in [-0.2, 0) is 4.79 Å². The van der Waals surface area contributed by atoms with Crippen LogP contribution in [0.3, 0.4) is 0 Å². The minimum absolute atomic E-state index is 0.0526. The summed E-state index contributed by atoms with van der Waals surface area (Å²) in [7, 11) is 0. The van der Waals surface area contributed by atoms with Crippen LogP contribution >= 0.6 is 0 Å². The Balaban J connectivity index is 2.01. The van der Waals surface area contributed by atoms with Crippen molar-refractivity contribution in [1.29, 1.82) is 0 Å². The van der Waals surface area contributed by atoms with E-state index in [2.05, 4.69) is 4.98 Å². The molecule has 2 heterocycles. The van der Waals surface area contributed by atoms with Gasteiger partial charge in [-0.2, -0.15) is 0 Å². The number of hydrogen-bond acceptors (Lipinski definition) is 3. The molecule has 0 radical (unpaired) electrons. The minimum atomic E-state index is -0.830. The van der Waals surface area contributed by atoms with Crippen molar-refractivity contribution in [2.45, 2.75) is 25.3 Å². The number of rotatable bonds is 4. The van der Waals surface area contributed by atoms with Crippen molar-refractivity contribution >= 4 is 11.8 Å². The molecular weight excluding hydrogens is 220 g/mol. The number of piperidine rings is 1. The SMILES string of the molecule is O=C(CN1CCCCC1C(=O)O)c1ccc[nH]1. The zero-order valence-electron chi connectivity index (χ0n) is 9.56. The van der Waals surface area contributed by atoms with Crippen LogP contribution in [0.1, 0.15) is 29.8 Å². The summed E-state index contributed by atoms with van der Waals surface area (Å²) in [6.07, 6.45) is 4.21. The number of carbonyl (C=O) groups excluding carboxylic acids is 1.